The van der Waals surface area contributed by atoms with E-state index < -0.39 is 0 Å². The van der Waals surface area contributed by atoms with Gasteiger partial charge in [-0.2, -0.15) is 0 Å². The van der Waals surface area contributed by atoms with E-state index in [1.54, 1.807) is 6.07 Å². The highest BCUT2D eigenvalue weighted by Gasteiger charge is 2.16. The van der Waals surface area contributed by atoms with Crippen molar-refractivity contribution in [3.8, 4) is 5.75 Å². The maximum atomic E-state index is 9.92. The second kappa shape index (κ2) is 5.52. The van der Waals surface area contributed by atoms with Crippen LogP contribution < -0.4 is 5.73 Å². The second-order valence-electron chi connectivity index (χ2n) is 5.13. The van der Waals surface area contributed by atoms with Gasteiger partial charge in [-0.15, -0.1) is 0 Å². The van der Waals surface area contributed by atoms with Crippen LogP contribution in [0.2, 0.25) is 0 Å². The van der Waals surface area contributed by atoms with E-state index in [2.05, 4.69) is 11.8 Å². The molecule has 0 bridgehead atoms. The Morgan fingerprint density at radius 1 is 1.35 bits per heavy atom. The topological polar surface area (TPSA) is 49.5 Å². The normalized spacial score (nSPS) is 18.5. The summed E-state index contributed by atoms with van der Waals surface area (Å²) in [5.41, 5.74) is 7.54. The highest BCUT2D eigenvalue weighted by Crippen LogP contribution is 2.23. The van der Waals surface area contributed by atoms with E-state index in [1.165, 1.54) is 12.8 Å². The van der Waals surface area contributed by atoms with Gasteiger partial charge in [0, 0.05) is 18.7 Å². The van der Waals surface area contributed by atoms with Crippen molar-refractivity contribution in [2.24, 2.45) is 11.7 Å². The van der Waals surface area contributed by atoms with Crippen LogP contribution in [-0.2, 0) is 13.1 Å². The van der Waals surface area contributed by atoms with Crippen LogP contribution in [-0.4, -0.2) is 23.1 Å². The molecule has 3 N–H and O–H groups in total. The van der Waals surface area contributed by atoms with Crippen LogP contribution in [0.25, 0.3) is 0 Å². The number of likely N-dealkylation sites (tertiary alicyclic amines) is 1. The van der Waals surface area contributed by atoms with E-state index >= 15 is 0 Å². The largest absolute Gasteiger partial charge is 0.508 e. The molecule has 3 heteroatoms. The number of aromatic hydroxyl groups is 1. The molecule has 94 valence electrons. The number of hydrogen-bond acceptors (Lipinski definition) is 3. The van der Waals surface area contributed by atoms with Gasteiger partial charge in [0.2, 0.25) is 0 Å². The Morgan fingerprint density at radius 3 is 2.65 bits per heavy atom. The Bertz CT molecular complexity index is 370. The molecule has 0 radical (unpaired) electrons. The van der Waals surface area contributed by atoms with Gasteiger partial charge in [0.05, 0.1) is 0 Å². The molecule has 3 nitrogen and oxygen atoms in total. The molecule has 0 amide bonds. The third-order valence-corrected chi connectivity index (χ3v) is 3.66. The minimum atomic E-state index is 0.381. The van der Waals surface area contributed by atoms with Crippen molar-refractivity contribution < 1.29 is 5.11 Å². The SMILES string of the molecule is CC1CCN(Cc2ccc(CN)cc2O)CC1. The summed E-state index contributed by atoms with van der Waals surface area (Å²) >= 11 is 0. The average Bonchev–Trinajstić information content (AvgIpc) is 2.34. The fourth-order valence-corrected chi connectivity index (χ4v) is 2.33. The van der Waals surface area contributed by atoms with Crippen molar-refractivity contribution in [3.63, 3.8) is 0 Å². The maximum Gasteiger partial charge on any atom is 0.120 e. The summed E-state index contributed by atoms with van der Waals surface area (Å²) in [5, 5.41) is 9.92. The standard InChI is InChI=1S/C14H22N2O/c1-11-4-6-16(7-5-11)10-13-3-2-12(9-15)8-14(13)17/h2-3,8,11,17H,4-7,9-10,15H2,1H3. The van der Waals surface area contributed by atoms with Crippen LogP contribution in [0, 0.1) is 5.92 Å². The maximum absolute atomic E-state index is 9.92. The monoisotopic (exact) mass is 234 g/mol. The third kappa shape index (κ3) is 3.20. The molecule has 1 aromatic carbocycles. The van der Waals surface area contributed by atoms with E-state index in [-0.39, 0.29) is 0 Å². The summed E-state index contributed by atoms with van der Waals surface area (Å²) in [4.78, 5) is 2.41. The lowest BCUT2D eigenvalue weighted by atomic mass is 9.98. The number of phenolic OH excluding ortho intramolecular Hbond substituents is 1. The number of nitrogens with two attached hydrogens (primary N) is 1. The summed E-state index contributed by atoms with van der Waals surface area (Å²) in [7, 11) is 0. The number of benzene rings is 1. The first-order valence-electron chi connectivity index (χ1n) is 6.42. The molecule has 1 heterocycles. The summed E-state index contributed by atoms with van der Waals surface area (Å²) < 4.78 is 0. The fraction of sp³-hybridized carbons (Fsp3) is 0.571. The molecule has 17 heavy (non-hydrogen) atoms. The lowest BCUT2D eigenvalue weighted by molar-refractivity contribution is 0.183. The molecule has 1 aromatic rings. The van der Waals surface area contributed by atoms with Crippen molar-refractivity contribution in [1.82, 2.24) is 4.90 Å². The molecular weight excluding hydrogens is 212 g/mol. The van der Waals surface area contributed by atoms with Crippen molar-refractivity contribution in [2.45, 2.75) is 32.9 Å². The van der Waals surface area contributed by atoms with Crippen LogP contribution in [0.15, 0.2) is 18.2 Å². The zero-order valence-electron chi connectivity index (χ0n) is 10.5. The highest BCUT2D eigenvalue weighted by atomic mass is 16.3. The first-order valence-corrected chi connectivity index (χ1v) is 6.42. The van der Waals surface area contributed by atoms with Crippen LogP contribution in [0.1, 0.15) is 30.9 Å². The van der Waals surface area contributed by atoms with Gasteiger partial charge in [-0.1, -0.05) is 19.1 Å². The Kier molecular flexibility index (Phi) is 4.02. The minimum absolute atomic E-state index is 0.381. The molecule has 1 saturated heterocycles. The van der Waals surface area contributed by atoms with Gasteiger partial charge < -0.3 is 10.8 Å². The molecule has 0 unspecified atom stereocenters. The zero-order valence-corrected chi connectivity index (χ0v) is 10.5. The Balaban J connectivity index is 1.99. The van der Waals surface area contributed by atoms with E-state index in [0.29, 0.717) is 12.3 Å². The number of nitrogens with zero attached hydrogens (tertiary/aromatic N) is 1. The predicted molar refractivity (Wildman–Crippen MR) is 69.7 cm³/mol. The lowest BCUT2D eigenvalue weighted by Gasteiger charge is -2.30. The van der Waals surface area contributed by atoms with Crippen LogP contribution in [0.4, 0.5) is 0 Å². The molecule has 0 atom stereocenters. The second-order valence-corrected chi connectivity index (χ2v) is 5.13. The quantitative estimate of drug-likeness (QED) is 0.842. The van der Waals surface area contributed by atoms with E-state index in [9.17, 15) is 5.11 Å². The first kappa shape index (κ1) is 12.4. The molecule has 0 spiro atoms. The zero-order chi connectivity index (χ0) is 12.3. The third-order valence-electron chi connectivity index (χ3n) is 3.66. The summed E-state index contributed by atoms with van der Waals surface area (Å²) in [6.07, 6.45) is 2.53. The number of rotatable bonds is 3. The van der Waals surface area contributed by atoms with Crippen molar-refractivity contribution in [3.05, 3.63) is 29.3 Å². The molecule has 0 aromatic heterocycles. The minimum Gasteiger partial charge on any atom is -0.508 e. The van der Waals surface area contributed by atoms with Crippen LogP contribution >= 0.6 is 0 Å². The van der Waals surface area contributed by atoms with E-state index in [1.807, 2.05) is 12.1 Å². The molecule has 0 saturated carbocycles. The predicted octanol–water partition coefficient (Wildman–Crippen LogP) is 2.08. The summed E-state index contributed by atoms with van der Waals surface area (Å²) in [6, 6.07) is 5.78. The van der Waals surface area contributed by atoms with Gasteiger partial charge in [-0.05, 0) is 43.5 Å². The smallest absolute Gasteiger partial charge is 0.120 e. The number of hydrogen-bond donors (Lipinski definition) is 2. The Hall–Kier alpha value is -1.06. The molecule has 2 rings (SSSR count). The molecule has 1 aliphatic rings. The average molecular weight is 234 g/mol. The Morgan fingerprint density at radius 2 is 2.06 bits per heavy atom. The van der Waals surface area contributed by atoms with Gasteiger partial charge in [0.25, 0.3) is 0 Å². The van der Waals surface area contributed by atoms with Crippen LogP contribution in [0.3, 0.4) is 0 Å². The molecule has 0 aliphatic carbocycles. The molecule has 1 fully saturated rings. The fourth-order valence-electron chi connectivity index (χ4n) is 2.33. The van der Waals surface area contributed by atoms with Gasteiger partial charge in [-0.25, -0.2) is 0 Å². The van der Waals surface area contributed by atoms with Gasteiger partial charge in [0.15, 0.2) is 0 Å². The number of phenols is 1. The highest BCUT2D eigenvalue weighted by molar-refractivity contribution is 5.36. The number of piperidine rings is 1. The summed E-state index contributed by atoms with van der Waals surface area (Å²) in [6.45, 7) is 5.92. The molecule has 1 aliphatic heterocycles. The van der Waals surface area contributed by atoms with Crippen molar-refractivity contribution in [1.29, 1.82) is 0 Å². The first-order chi connectivity index (χ1) is 8.19. The van der Waals surface area contributed by atoms with Gasteiger partial charge >= 0.3 is 0 Å². The lowest BCUT2D eigenvalue weighted by Crippen LogP contribution is -2.32. The summed E-state index contributed by atoms with van der Waals surface area (Å²) in [5.74, 6) is 1.23. The van der Waals surface area contributed by atoms with E-state index in [0.717, 1.165) is 36.7 Å². The van der Waals surface area contributed by atoms with Gasteiger partial charge in [0.1, 0.15) is 5.75 Å². The van der Waals surface area contributed by atoms with Crippen molar-refractivity contribution >= 4 is 0 Å². The Labute approximate surface area is 103 Å². The van der Waals surface area contributed by atoms with E-state index in [4.69, 9.17) is 5.73 Å². The van der Waals surface area contributed by atoms with Crippen LogP contribution in [0.5, 0.6) is 5.75 Å². The molecular formula is C14H22N2O. The van der Waals surface area contributed by atoms with Crippen molar-refractivity contribution in [2.75, 3.05) is 13.1 Å². The van der Waals surface area contributed by atoms with Gasteiger partial charge in [-0.3, -0.25) is 4.90 Å².